The lowest BCUT2D eigenvalue weighted by Gasteiger charge is -2.33. The second kappa shape index (κ2) is 9.38. The number of aryl methyl sites for hydroxylation is 1. The first-order chi connectivity index (χ1) is 16.2. The number of carbonyl (C=O) groups excluding carboxylic acids is 1. The minimum Gasteiger partial charge on any atom is -0.334 e. The van der Waals surface area contributed by atoms with E-state index < -0.39 is 21.4 Å². The number of aromatic nitrogens is 2. The Morgan fingerprint density at radius 3 is 2.38 bits per heavy atom. The zero-order valence-electron chi connectivity index (χ0n) is 18.2. The second-order valence-electron chi connectivity index (χ2n) is 7.67. The van der Waals surface area contributed by atoms with Crippen LogP contribution < -0.4 is 5.43 Å². The summed E-state index contributed by atoms with van der Waals surface area (Å²) in [6, 6.07) is 16.1. The first kappa shape index (κ1) is 23.6. The van der Waals surface area contributed by atoms with Gasteiger partial charge in [-0.05, 0) is 31.2 Å². The van der Waals surface area contributed by atoms with E-state index in [1.165, 1.54) is 32.1 Å². The van der Waals surface area contributed by atoms with Crippen LogP contribution in [-0.4, -0.2) is 59.5 Å². The fourth-order valence-electron chi connectivity index (χ4n) is 3.77. The third-order valence-corrected chi connectivity index (χ3v) is 7.82. The Hall–Kier alpha value is -3.52. The first-order valence-electron chi connectivity index (χ1n) is 10.4. The van der Waals surface area contributed by atoms with Crippen molar-refractivity contribution in [1.82, 2.24) is 19.0 Å². The predicted molar refractivity (Wildman–Crippen MR) is 125 cm³/mol. The third kappa shape index (κ3) is 4.33. The Morgan fingerprint density at radius 2 is 1.71 bits per heavy atom. The molecule has 34 heavy (non-hydrogen) atoms. The molecule has 0 spiro atoms. The highest BCUT2D eigenvalue weighted by atomic mass is 35.5. The fraction of sp³-hybridized carbons (Fsp3) is 0.217. The van der Waals surface area contributed by atoms with E-state index in [1.807, 2.05) is 6.07 Å². The fourth-order valence-corrected chi connectivity index (χ4v) is 5.55. The molecule has 1 aliphatic rings. The summed E-state index contributed by atoms with van der Waals surface area (Å²) in [5, 5.41) is 13.9. The van der Waals surface area contributed by atoms with Gasteiger partial charge < -0.3 is 4.90 Å². The largest absolute Gasteiger partial charge is 0.334 e. The van der Waals surface area contributed by atoms with Crippen molar-refractivity contribution in [2.24, 2.45) is 0 Å². The van der Waals surface area contributed by atoms with Crippen molar-refractivity contribution in [3.8, 4) is 11.8 Å². The molecule has 3 aromatic rings. The molecule has 1 aliphatic heterocycles. The highest BCUT2D eigenvalue weighted by Crippen LogP contribution is 2.22. The number of carbonyl (C=O) groups is 1. The summed E-state index contributed by atoms with van der Waals surface area (Å²) in [5.74, 6) is -0.583. The number of amides is 1. The molecule has 11 heteroatoms. The van der Waals surface area contributed by atoms with Gasteiger partial charge in [0.2, 0.25) is 15.5 Å². The van der Waals surface area contributed by atoms with Crippen molar-refractivity contribution in [2.45, 2.75) is 11.8 Å². The summed E-state index contributed by atoms with van der Waals surface area (Å²) >= 11 is 6.27. The van der Waals surface area contributed by atoms with Gasteiger partial charge in [0, 0.05) is 37.9 Å². The normalized spacial score (nSPS) is 14.6. The zero-order valence-corrected chi connectivity index (χ0v) is 19.8. The van der Waals surface area contributed by atoms with Crippen molar-refractivity contribution in [3.05, 3.63) is 86.8 Å². The highest BCUT2D eigenvalue weighted by Gasteiger charge is 2.33. The van der Waals surface area contributed by atoms with Crippen LogP contribution in [0, 0.1) is 18.3 Å². The average molecular weight is 498 g/mol. The molecule has 1 aromatic heterocycles. The number of hydrogen-bond acceptors (Lipinski definition) is 6. The van der Waals surface area contributed by atoms with E-state index in [0.717, 1.165) is 0 Å². The van der Waals surface area contributed by atoms with Gasteiger partial charge in [-0.2, -0.15) is 14.7 Å². The minimum absolute atomic E-state index is 0.0262. The Morgan fingerprint density at radius 1 is 1.06 bits per heavy atom. The number of halogens is 1. The Balaban J connectivity index is 1.57. The molecule has 174 valence electrons. The van der Waals surface area contributed by atoms with Crippen LogP contribution in [0.4, 0.5) is 0 Å². The molecule has 1 amide bonds. The molecule has 1 saturated heterocycles. The van der Waals surface area contributed by atoms with Crippen molar-refractivity contribution in [1.29, 1.82) is 5.26 Å². The molecule has 0 unspecified atom stereocenters. The number of nitriles is 1. The van der Waals surface area contributed by atoms with Gasteiger partial charge in [-0.1, -0.05) is 35.9 Å². The lowest BCUT2D eigenvalue weighted by Crippen LogP contribution is -2.51. The van der Waals surface area contributed by atoms with E-state index in [9.17, 15) is 23.3 Å². The smallest absolute Gasteiger partial charge is 0.278 e. The third-order valence-electron chi connectivity index (χ3n) is 5.54. The van der Waals surface area contributed by atoms with Gasteiger partial charge >= 0.3 is 0 Å². The number of benzene rings is 2. The number of piperazine rings is 1. The number of sulfonamides is 1. The van der Waals surface area contributed by atoms with E-state index in [-0.39, 0.29) is 42.3 Å². The molecule has 0 radical (unpaired) electrons. The number of hydrogen-bond donors (Lipinski definition) is 0. The Labute approximate surface area is 201 Å². The van der Waals surface area contributed by atoms with Gasteiger partial charge in [0.15, 0.2) is 5.69 Å². The molecule has 0 atom stereocenters. The van der Waals surface area contributed by atoms with Crippen LogP contribution in [0.15, 0.2) is 64.3 Å². The van der Waals surface area contributed by atoms with E-state index in [4.69, 9.17) is 11.6 Å². The maximum absolute atomic E-state index is 13.1. The van der Waals surface area contributed by atoms with Crippen LogP contribution in [0.3, 0.4) is 0 Å². The van der Waals surface area contributed by atoms with Crippen molar-refractivity contribution in [2.75, 3.05) is 26.2 Å². The summed E-state index contributed by atoms with van der Waals surface area (Å²) in [4.78, 5) is 27.0. The molecular formula is C23H20ClN5O4S. The number of nitrogens with zero attached hydrogens (tertiary/aromatic N) is 5. The molecule has 9 nitrogen and oxygen atoms in total. The van der Waals surface area contributed by atoms with Crippen LogP contribution in [0.5, 0.6) is 0 Å². The van der Waals surface area contributed by atoms with Gasteiger partial charge in [0.05, 0.1) is 21.2 Å². The maximum Gasteiger partial charge on any atom is 0.278 e. The number of rotatable bonds is 4. The van der Waals surface area contributed by atoms with Gasteiger partial charge in [-0.15, -0.1) is 0 Å². The molecule has 2 heterocycles. The summed E-state index contributed by atoms with van der Waals surface area (Å²) in [7, 11) is -3.90. The van der Waals surface area contributed by atoms with E-state index in [2.05, 4.69) is 5.10 Å². The quantitative estimate of drug-likeness (QED) is 0.545. The van der Waals surface area contributed by atoms with E-state index in [0.29, 0.717) is 16.4 Å². The average Bonchev–Trinajstić information content (AvgIpc) is 2.84. The Kier molecular flexibility index (Phi) is 6.52. The summed E-state index contributed by atoms with van der Waals surface area (Å²) < 4.78 is 28.7. The summed E-state index contributed by atoms with van der Waals surface area (Å²) in [6.45, 7) is 1.90. The van der Waals surface area contributed by atoms with Crippen LogP contribution in [0.2, 0.25) is 5.02 Å². The van der Waals surface area contributed by atoms with Crippen LogP contribution >= 0.6 is 11.6 Å². The molecule has 2 aromatic carbocycles. The molecule has 0 saturated carbocycles. The monoisotopic (exact) mass is 497 g/mol. The van der Waals surface area contributed by atoms with E-state index in [1.54, 1.807) is 43.3 Å². The van der Waals surface area contributed by atoms with Gasteiger partial charge in [0.25, 0.3) is 5.91 Å². The summed E-state index contributed by atoms with van der Waals surface area (Å²) in [5.41, 5.74) is 0.315. The predicted octanol–water partition coefficient (Wildman–Crippen LogP) is 2.21. The number of para-hydroxylation sites is 1. The van der Waals surface area contributed by atoms with Crippen LogP contribution in [0.1, 0.15) is 21.7 Å². The lowest BCUT2D eigenvalue weighted by molar-refractivity contribution is 0.0688. The van der Waals surface area contributed by atoms with Gasteiger partial charge in [0.1, 0.15) is 6.07 Å². The SMILES string of the molecule is Cc1cc(=O)c(C(=O)N2CCN(S(=O)(=O)c3ccccc3C#N)CC2)nn1-c1ccccc1Cl. The van der Waals surface area contributed by atoms with Crippen molar-refractivity contribution >= 4 is 27.5 Å². The summed E-state index contributed by atoms with van der Waals surface area (Å²) in [6.07, 6.45) is 0. The minimum atomic E-state index is -3.90. The molecule has 0 N–H and O–H groups in total. The topological polar surface area (TPSA) is 116 Å². The molecular weight excluding hydrogens is 478 g/mol. The van der Waals surface area contributed by atoms with E-state index >= 15 is 0 Å². The molecule has 4 rings (SSSR count). The zero-order chi connectivity index (χ0) is 24.5. The lowest BCUT2D eigenvalue weighted by atomic mass is 10.2. The van der Waals surface area contributed by atoms with Crippen LogP contribution in [0.25, 0.3) is 5.69 Å². The van der Waals surface area contributed by atoms with Crippen molar-refractivity contribution in [3.63, 3.8) is 0 Å². The maximum atomic E-state index is 13.1. The first-order valence-corrected chi connectivity index (χ1v) is 12.2. The van der Waals surface area contributed by atoms with Crippen molar-refractivity contribution < 1.29 is 13.2 Å². The standard InChI is InChI=1S/C23H20ClN5O4S/c1-16-14-20(30)22(26-29(16)19-8-4-3-7-18(19)24)23(31)27-10-12-28(13-11-27)34(32,33)21-9-5-2-6-17(21)15-25/h2-9,14H,10-13H2,1H3. The van der Waals surface area contributed by atoms with Crippen LogP contribution in [-0.2, 0) is 10.0 Å². The van der Waals surface area contributed by atoms with Gasteiger partial charge in [-0.3, -0.25) is 9.59 Å². The molecule has 0 bridgehead atoms. The molecule has 1 fully saturated rings. The highest BCUT2D eigenvalue weighted by molar-refractivity contribution is 7.89. The Bertz CT molecular complexity index is 1470. The molecule has 0 aliphatic carbocycles. The van der Waals surface area contributed by atoms with Gasteiger partial charge in [-0.25, -0.2) is 13.1 Å². The second-order valence-corrected chi connectivity index (χ2v) is 9.98.